The Hall–Kier alpha value is -5.72. The van der Waals surface area contributed by atoms with Crippen LogP contribution in [0.15, 0.2) is 95.9 Å². The summed E-state index contributed by atoms with van der Waals surface area (Å²) in [5.74, 6) is -0.468. The van der Waals surface area contributed by atoms with Gasteiger partial charge in [-0.3, -0.25) is 19.2 Å². The lowest BCUT2D eigenvalue weighted by molar-refractivity contribution is -0.147. The number of fused-ring (bicyclic) bond motifs is 4. The number of nitrogens with one attached hydrogen (secondary N) is 4. The highest BCUT2D eigenvalue weighted by molar-refractivity contribution is 6.00. The molecule has 2 aliphatic rings. The molecule has 0 aromatic heterocycles. The number of ether oxygens (including phenoxy) is 2. The molecule has 13 nitrogen and oxygen atoms in total. The topological polar surface area (TPSA) is 166 Å². The summed E-state index contributed by atoms with van der Waals surface area (Å²) < 4.78 is 11.9. The highest BCUT2D eigenvalue weighted by Crippen LogP contribution is 2.25. The number of para-hydroxylation sites is 1. The van der Waals surface area contributed by atoms with Gasteiger partial charge in [-0.05, 0) is 67.0 Å². The van der Waals surface area contributed by atoms with Crippen molar-refractivity contribution in [2.75, 3.05) is 39.9 Å². The fourth-order valence-corrected chi connectivity index (χ4v) is 6.74. The Morgan fingerprint density at radius 2 is 1.70 bits per heavy atom. The first-order valence-electron chi connectivity index (χ1n) is 18.6. The van der Waals surface area contributed by atoms with Gasteiger partial charge in [0.05, 0.1) is 5.56 Å². The third-order valence-electron chi connectivity index (χ3n) is 9.57. The molecule has 0 unspecified atom stereocenters. The molecule has 13 heteroatoms. The lowest BCUT2D eigenvalue weighted by atomic mass is 10.0. The Balaban J connectivity index is 1.44. The maximum Gasteiger partial charge on any atom is 0.255 e. The van der Waals surface area contributed by atoms with Crippen molar-refractivity contribution in [1.82, 2.24) is 25.8 Å². The first kappa shape index (κ1) is 39.5. The number of amides is 4. The van der Waals surface area contributed by atoms with E-state index in [1.165, 1.54) is 4.90 Å². The van der Waals surface area contributed by atoms with Crippen LogP contribution in [0.4, 0.5) is 0 Å². The van der Waals surface area contributed by atoms with Crippen molar-refractivity contribution in [3.05, 3.63) is 107 Å². The minimum absolute atomic E-state index is 0.0520. The van der Waals surface area contributed by atoms with Crippen molar-refractivity contribution < 1.29 is 28.7 Å². The maximum atomic E-state index is 14.3. The molecule has 0 saturated carbocycles. The van der Waals surface area contributed by atoms with Crippen LogP contribution in [0.25, 0.3) is 0 Å². The van der Waals surface area contributed by atoms with Crippen LogP contribution < -0.4 is 25.4 Å². The highest BCUT2D eigenvalue weighted by Gasteiger charge is 2.41. The van der Waals surface area contributed by atoms with E-state index in [1.54, 1.807) is 42.4 Å². The van der Waals surface area contributed by atoms with Gasteiger partial charge in [-0.2, -0.15) is 5.11 Å². The van der Waals surface area contributed by atoms with Crippen LogP contribution >= 0.6 is 0 Å². The Labute approximate surface area is 317 Å². The molecule has 0 radical (unpaired) electrons. The van der Waals surface area contributed by atoms with Gasteiger partial charge in [0.25, 0.3) is 5.91 Å². The van der Waals surface area contributed by atoms with Crippen molar-refractivity contribution in [2.45, 2.75) is 64.1 Å². The normalized spacial score (nSPS) is 22.0. The minimum Gasteiger partial charge on any atom is -0.492 e. The molecule has 1 saturated heterocycles. The van der Waals surface area contributed by atoms with Gasteiger partial charge in [-0.15, -0.1) is 0 Å². The summed E-state index contributed by atoms with van der Waals surface area (Å²) in [6, 6.07) is 21.4. The molecule has 0 spiro atoms. The van der Waals surface area contributed by atoms with Gasteiger partial charge in [-0.25, -0.2) is 5.53 Å². The van der Waals surface area contributed by atoms with Crippen molar-refractivity contribution in [2.24, 2.45) is 11.0 Å². The van der Waals surface area contributed by atoms with Crippen molar-refractivity contribution in [1.29, 1.82) is 5.53 Å². The quantitative estimate of drug-likeness (QED) is 0.280. The zero-order valence-electron chi connectivity index (χ0n) is 31.3. The molecule has 3 atom stereocenters. The standard InChI is InChI=1S/C41H51N7O6/c1-28(2)23-34-40(51)48-21-10-16-35(48)41(52)47(3)36(25-29-11-5-4-6-12-29)39(50)44-19-18-30-13-9-14-32(24-30)53-22-20-43-26-31(46-42)27-54-37-17-8-7-15-33(37)38(49)45-34/h4-9,11-15,17,24,26,28,34-36,42-43H,10,16,18-23,25,27H2,1-3H3,(H,44,50)(H,45,49)/b31-26-,46-42?/t34-,35-,36+/m1/s1. The molecular formula is C41H51N7O6. The fourth-order valence-electron chi connectivity index (χ4n) is 6.74. The minimum atomic E-state index is -0.908. The van der Waals surface area contributed by atoms with E-state index >= 15 is 0 Å². The number of carbonyl (C=O) groups excluding carboxylic acids is 4. The molecule has 54 heavy (non-hydrogen) atoms. The SMILES string of the molecule is CC(C)C[C@H]1NC(=O)c2ccccc2OC/C(N=N)=C/NCCOc2cccc(c2)CCNC(=O)[C@H](Cc2ccccc2)N(C)C(=O)[C@H]2CCCN2C1=O. The van der Waals surface area contributed by atoms with Crippen LogP contribution in [0.5, 0.6) is 11.5 Å². The van der Waals surface area contributed by atoms with Crippen LogP contribution in [0, 0.1) is 11.4 Å². The summed E-state index contributed by atoms with van der Waals surface area (Å²) in [4.78, 5) is 59.3. The average molecular weight is 738 g/mol. The number of likely N-dealkylation sites (N-methyl/N-ethyl adjacent to an activating group) is 1. The van der Waals surface area contributed by atoms with E-state index < -0.39 is 24.0 Å². The lowest BCUT2D eigenvalue weighted by Crippen LogP contribution is -2.57. The summed E-state index contributed by atoms with van der Waals surface area (Å²) in [5.41, 5.74) is 10.0. The molecule has 3 aromatic carbocycles. The molecule has 286 valence electrons. The molecular weight excluding hydrogens is 686 g/mol. The molecule has 2 aliphatic heterocycles. The van der Waals surface area contributed by atoms with Crippen LogP contribution in [-0.2, 0) is 27.2 Å². The second kappa shape index (κ2) is 19.4. The first-order valence-corrected chi connectivity index (χ1v) is 18.6. The molecule has 0 aliphatic carbocycles. The number of nitrogens with zero attached hydrogens (tertiary/aromatic N) is 3. The Morgan fingerprint density at radius 1 is 0.926 bits per heavy atom. The van der Waals surface area contributed by atoms with Crippen molar-refractivity contribution in [3.8, 4) is 11.5 Å². The summed E-state index contributed by atoms with van der Waals surface area (Å²) in [7, 11) is 1.62. The zero-order valence-corrected chi connectivity index (χ0v) is 31.3. The Bertz CT molecular complexity index is 1800. The third kappa shape index (κ3) is 10.7. The highest BCUT2D eigenvalue weighted by atomic mass is 16.5. The van der Waals surface area contributed by atoms with Crippen molar-refractivity contribution >= 4 is 23.6 Å². The second-order valence-electron chi connectivity index (χ2n) is 14.0. The van der Waals surface area contributed by atoms with E-state index in [-0.39, 0.29) is 41.6 Å². The summed E-state index contributed by atoms with van der Waals surface area (Å²) >= 11 is 0. The average Bonchev–Trinajstić information content (AvgIpc) is 3.67. The molecule has 4 N–H and O–H groups in total. The van der Waals surface area contributed by atoms with E-state index in [9.17, 15) is 19.2 Å². The second-order valence-corrected chi connectivity index (χ2v) is 14.0. The molecule has 1 fully saturated rings. The summed E-state index contributed by atoms with van der Waals surface area (Å²) in [5, 5.41) is 12.6. The Morgan fingerprint density at radius 3 is 2.48 bits per heavy atom. The van der Waals surface area contributed by atoms with Crippen LogP contribution in [0.1, 0.15) is 54.6 Å². The van der Waals surface area contributed by atoms with E-state index in [0.717, 1.165) is 11.1 Å². The van der Waals surface area contributed by atoms with Gasteiger partial charge in [0, 0.05) is 39.3 Å². The van der Waals surface area contributed by atoms with E-state index in [1.807, 2.05) is 68.4 Å². The Kier molecular flexibility index (Phi) is 14.2. The zero-order chi connectivity index (χ0) is 38.5. The van der Waals surface area contributed by atoms with Crippen molar-refractivity contribution in [3.63, 3.8) is 0 Å². The number of rotatable bonds is 5. The fraction of sp³-hybridized carbons (Fsp3) is 0.415. The van der Waals surface area contributed by atoms with E-state index in [4.69, 9.17) is 15.0 Å². The largest absolute Gasteiger partial charge is 0.492 e. The summed E-state index contributed by atoms with van der Waals surface area (Å²) in [6.45, 7) is 5.31. The lowest BCUT2D eigenvalue weighted by Gasteiger charge is -2.34. The number of hydrogen-bond acceptors (Lipinski definition) is 9. The van der Waals surface area contributed by atoms with Crippen LogP contribution in [-0.4, -0.2) is 91.4 Å². The van der Waals surface area contributed by atoms with Crippen LogP contribution in [0.2, 0.25) is 0 Å². The molecule has 2 bridgehead atoms. The monoisotopic (exact) mass is 737 g/mol. The van der Waals surface area contributed by atoms with Gasteiger partial charge < -0.3 is 35.2 Å². The van der Waals surface area contributed by atoms with Gasteiger partial charge in [0.2, 0.25) is 17.7 Å². The predicted molar refractivity (Wildman–Crippen MR) is 204 cm³/mol. The maximum absolute atomic E-state index is 14.3. The molecule has 4 amide bonds. The third-order valence-corrected chi connectivity index (χ3v) is 9.57. The smallest absolute Gasteiger partial charge is 0.255 e. The van der Waals surface area contributed by atoms with Crippen LogP contribution in [0.3, 0.4) is 0 Å². The van der Waals surface area contributed by atoms with E-state index in [0.29, 0.717) is 69.8 Å². The van der Waals surface area contributed by atoms with Gasteiger partial charge >= 0.3 is 0 Å². The van der Waals surface area contributed by atoms with Gasteiger partial charge in [-0.1, -0.05) is 68.4 Å². The summed E-state index contributed by atoms with van der Waals surface area (Å²) in [6.07, 6.45) is 3.81. The molecule has 2 heterocycles. The first-order chi connectivity index (χ1) is 26.1. The number of carbonyl (C=O) groups is 4. The van der Waals surface area contributed by atoms with Gasteiger partial charge in [0.15, 0.2) is 0 Å². The van der Waals surface area contributed by atoms with Gasteiger partial charge in [0.1, 0.15) is 48.5 Å². The molecule has 3 aromatic rings. The van der Waals surface area contributed by atoms with E-state index in [2.05, 4.69) is 21.1 Å². The number of benzene rings is 3. The number of hydrogen-bond donors (Lipinski definition) is 4. The molecule has 5 rings (SSSR count). The predicted octanol–water partition coefficient (Wildman–Crippen LogP) is 4.48.